The van der Waals surface area contributed by atoms with E-state index in [1.54, 1.807) is 0 Å². The van der Waals surface area contributed by atoms with Crippen molar-refractivity contribution in [2.24, 2.45) is 51.4 Å². The van der Waals surface area contributed by atoms with E-state index in [1.807, 2.05) is 53.3 Å². The molecule has 0 unspecified atom stereocenters. The van der Waals surface area contributed by atoms with Crippen LogP contribution < -0.4 is 76.5 Å². The van der Waals surface area contributed by atoms with Gasteiger partial charge in [-0.1, -0.05) is 48.0 Å². The quantitative estimate of drug-likeness (QED) is 0.0141. The lowest BCUT2D eigenvalue weighted by Crippen LogP contribution is -2.59. The fourth-order valence-electron chi connectivity index (χ4n) is 9.96. The molecule has 0 aromatic carbocycles. The van der Waals surface area contributed by atoms with Crippen molar-refractivity contribution < 1.29 is 52.7 Å². The second kappa shape index (κ2) is 34.7. The highest BCUT2D eigenvalue weighted by Crippen LogP contribution is 2.33. The van der Waals surface area contributed by atoms with Crippen LogP contribution in [0.5, 0.6) is 0 Å². The van der Waals surface area contributed by atoms with E-state index in [2.05, 4.69) is 52.8 Å². The maximum Gasteiger partial charge on any atom is 0.315 e. The summed E-state index contributed by atoms with van der Waals surface area (Å²) in [5.74, 6) is -5.85. The number of amides is 12. The number of nitrogens with zero attached hydrogens (tertiary/aromatic N) is 2. The van der Waals surface area contributed by atoms with Gasteiger partial charge in [0.15, 0.2) is 5.96 Å². The van der Waals surface area contributed by atoms with E-state index in [9.17, 15) is 52.7 Å². The van der Waals surface area contributed by atoms with Crippen molar-refractivity contribution in [1.82, 2.24) is 52.8 Å². The molecule has 3 heterocycles. The van der Waals surface area contributed by atoms with Gasteiger partial charge >= 0.3 is 6.03 Å². The summed E-state index contributed by atoms with van der Waals surface area (Å²) in [6.07, 6.45) is 4.98. The van der Waals surface area contributed by atoms with Crippen LogP contribution in [0.15, 0.2) is 4.99 Å². The minimum Gasteiger partial charge on any atom is -0.370 e. The summed E-state index contributed by atoms with van der Waals surface area (Å²) in [4.78, 5) is 151. The molecule has 27 nitrogen and oxygen atoms in total. The minimum atomic E-state index is -1.30. The molecule has 81 heavy (non-hydrogen) atoms. The lowest BCUT2D eigenvalue weighted by molar-refractivity contribution is -0.143. The van der Waals surface area contributed by atoms with Gasteiger partial charge in [-0.05, 0) is 108 Å². The number of likely N-dealkylation sites (tertiary alicyclic amines) is 1. The van der Waals surface area contributed by atoms with Crippen molar-refractivity contribution in [2.45, 2.75) is 217 Å². The number of nitrogens with two attached hydrogens (primary N) is 5. The molecule has 28 heteroatoms. The number of hydrogen-bond donors (Lipinski definition) is 14. The predicted octanol–water partition coefficient (Wildman–Crippen LogP) is -1.81. The summed E-state index contributed by atoms with van der Waals surface area (Å²) in [6, 6.07) is -9.00. The van der Waals surface area contributed by atoms with E-state index in [1.165, 1.54) is 11.8 Å². The Balaban J connectivity index is 1.61. The van der Waals surface area contributed by atoms with E-state index in [-0.39, 0.29) is 112 Å². The summed E-state index contributed by atoms with van der Waals surface area (Å²) in [6.45, 7) is 13.1. The van der Waals surface area contributed by atoms with Crippen LogP contribution >= 0.6 is 11.8 Å². The van der Waals surface area contributed by atoms with Crippen molar-refractivity contribution in [3.63, 3.8) is 0 Å². The van der Waals surface area contributed by atoms with Gasteiger partial charge in [0.1, 0.15) is 42.3 Å². The SMILES string of the molecule is CC(C)C[C@H](NC(=O)[C@H](C)NC(=O)[C@H](CC(C)C)NC(=O)[C@@H]1CCCN1C(=O)[C@H](CCCN=C(N)N)NC(=O)[C@H](CCC(N)=O)NC(=O)[C@@H](N)CC(C)C)C(=O)N[C@@H](CCCCNC(=O)CCCC[C@@H]1SC[C@H]2NC(=O)N[C@@H]12)C(N)=O. The van der Waals surface area contributed by atoms with Crippen LogP contribution in [-0.4, -0.2) is 167 Å². The van der Waals surface area contributed by atoms with E-state index in [0.717, 1.165) is 18.6 Å². The van der Waals surface area contributed by atoms with E-state index >= 15 is 0 Å². The average Bonchev–Trinajstić information content (AvgIpc) is 4.25. The zero-order chi connectivity index (χ0) is 60.5. The highest BCUT2D eigenvalue weighted by molar-refractivity contribution is 8.00. The lowest BCUT2D eigenvalue weighted by Gasteiger charge is -2.31. The Morgan fingerprint density at radius 1 is 0.642 bits per heavy atom. The first-order valence-corrected chi connectivity index (χ1v) is 29.7. The van der Waals surface area contributed by atoms with E-state index in [4.69, 9.17) is 28.7 Å². The van der Waals surface area contributed by atoms with Crippen LogP contribution in [0, 0.1) is 17.8 Å². The van der Waals surface area contributed by atoms with Crippen LogP contribution in [-0.2, 0) is 47.9 Å². The highest BCUT2D eigenvalue weighted by atomic mass is 32.2. The second-order valence-electron chi connectivity index (χ2n) is 22.8. The molecule has 12 amide bonds. The van der Waals surface area contributed by atoms with Crippen LogP contribution in [0.1, 0.15) is 151 Å². The molecule has 0 radical (unpaired) electrons. The van der Waals surface area contributed by atoms with Crippen LogP contribution in [0.4, 0.5) is 4.79 Å². The van der Waals surface area contributed by atoms with Gasteiger partial charge in [0.05, 0.1) is 18.1 Å². The first kappa shape index (κ1) is 68.8. The third-order valence-electron chi connectivity index (χ3n) is 14.2. The predicted molar refractivity (Wildman–Crippen MR) is 307 cm³/mol. The molecule has 11 atom stereocenters. The third-order valence-corrected chi connectivity index (χ3v) is 15.7. The molecule has 19 N–H and O–H groups in total. The Bertz CT molecular complexity index is 2200. The molecule has 3 rings (SSSR count). The zero-order valence-corrected chi connectivity index (χ0v) is 49.2. The summed E-state index contributed by atoms with van der Waals surface area (Å²) in [7, 11) is 0. The summed E-state index contributed by atoms with van der Waals surface area (Å²) >= 11 is 1.83. The number of nitrogens with one attached hydrogen (secondary N) is 9. The van der Waals surface area contributed by atoms with Crippen molar-refractivity contribution in [3.8, 4) is 0 Å². The van der Waals surface area contributed by atoms with Crippen LogP contribution in [0.3, 0.4) is 0 Å². The van der Waals surface area contributed by atoms with E-state index < -0.39 is 101 Å². The molecule has 3 aliphatic heterocycles. The van der Waals surface area contributed by atoms with Gasteiger partial charge in [-0.2, -0.15) is 11.8 Å². The Labute approximate surface area is 480 Å². The van der Waals surface area contributed by atoms with Crippen molar-refractivity contribution in [2.75, 3.05) is 25.4 Å². The van der Waals surface area contributed by atoms with Gasteiger partial charge in [-0.25, -0.2) is 4.79 Å². The van der Waals surface area contributed by atoms with Gasteiger partial charge in [-0.15, -0.1) is 0 Å². The topological polar surface area (TPSA) is 442 Å². The largest absolute Gasteiger partial charge is 0.370 e. The molecule has 3 aliphatic rings. The average molecular weight is 1160 g/mol. The van der Waals surface area contributed by atoms with Gasteiger partial charge in [0.25, 0.3) is 0 Å². The second-order valence-corrected chi connectivity index (χ2v) is 24.1. The molecular weight excluding hydrogens is 1070 g/mol. The number of fused-ring (bicyclic) bond motifs is 1. The molecule has 0 aliphatic carbocycles. The van der Waals surface area contributed by atoms with Gasteiger partial charge in [0, 0.05) is 43.5 Å². The number of unbranched alkanes of at least 4 members (excludes halogenated alkanes) is 2. The Morgan fingerprint density at radius 3 is 1.86 bits per heavy atom. The molecule has 3 saturated heterocycles. The zero-order valence-electron chi connectivity index (χ0n) is 48.4. The number of urea groups is 1. The van der Waals surface area contributed by atoms with Crippen LogP contribution in [0.25, 0.3) is 0 Å². The number of aliphatic imine (C=N–C) groups is 1. The molecule has 0 bridgehead atoms. The van der Waals surface area contributed by atoms with Gasteiger partial charge < -0.3 is 81.4 Å². The standard InChI is InChI=1S/C53H94N16O11S/c1-28(2)24-32(54)46(74)63-34(19-20-41(55)70)47(75)64-35(15-12-22-60-52(57)58)51(79)69-23-13-16-39(69)50(78)66-36(25-29(3)4)48(76)61-31(7)45(73)65-37(26-30(5)6)49(77)62-33(44(56)72)14-10-11-21-59-42(71)18-9-8-17-40-43-38(27-81-40)67-53(80)68-43/h28-40,43H,8-27,54H2,1-7H3,(H2,55,70)(H2,56,72)(H,59,71)(H,61,76)(H,62,77)(H,63,74)(H,64,75)(H,65,73)(H,66,78)(H4,57,58,60)(H2,67,68,80)/t31-,32-,33-,34-,35-,36-,37-,38+,39-,40-,43+/m0/s1. The van der Waals surface area contributed by atoms with Gasteiger partial charge in [0.2, 0.25) is 59.1 Å². The highest BCUT2D eigenvalue weighted by Gasteiger charge is 2.43. The molecular formula is C53H94N16O11S. The molecule has 0 aromatic heterocycles. The first-order chi connectivity index (χ1) is 38.2. The molecule has 3 fully saturated rings. The van der Waals surface area contributed by atoms with Crippen molar-refractivity contribution in [3.05, 3.63) is 0 Å². The number of thioether (sulfide) groups is 1. The number of primary amides is 2. The van der Waals surface area contributed by atoms with E-state index in [0.29, 0.717) is 50.3 Å². The molecule has 0 aromatic rings. The number of hydrogen-bond acceptors (Lipinski definition) is 14. The van der Waals surface area contributed by atoms with Crippen molar-refractivity contribution >= 4 is 82.8 Å². The maximum absolute atomic E-state index is 14.4. The van der Waals surface area contributed by atoms with Gasteiger partial charge in [-0.3, -0.25) is 52.9 Å². The molecule has 458 valence electrons. The van der Waals surface area contributed by atoms with Crippen LogP contribution in [0.2, 0.25) is 0 Å². The smallest absolute Gasteiger partial charge is 0.315 e. The fourth-order valence-corrected chi connectivity index (χ4v) is 11.5. The third kappa shape index (κ3) is 24.7. The number of carbonyl (C=O) groups excluding carboxylic acids is 11. The van der Waals surface area contributed by atoms with Crippen molar-refractivity contribution in [1.29, 1.82) is 0 Å². The summed E-state index contributed by atoms with van der Waals surface area (Å²) < 4.78 is 0. The lowest BCUT2D eigenvalue weighted by atomic mass is 10.0. The minimum absolute atomic E-state index is 0.00764. The first-order valence-electron chi connectivity index (χ1n) is 28.6. The maximum atomic E-state index is 14.4. The number of guanidine groups is 1. The molecule has 0 spiro atoms. The number of carbonyl (C=O) groups is 11. The monoisotopic (exact) mass is 1160 g/mol. The normalized spacial score (nSPS) is 20.0. The fraction of sp³-hybridized carbons (Fsp3) is 0.774. The Hall–Kier alpha value is -6.45. The summed E-state index contributed by atoms with van der Waals surface area (Å²) in [5, 5.41) is 25.2. The number of rotatable bonds is 37. The molecule has 0 saturated carbocycles. The summed E-state index contributed by atoms with van der Waals surface area (Å²) in [5.41, 5.74) is 28.2. The Kier molecular flexibility index (Phi) is 29.5. The Morgan fingerprint density at radius 2 is 1.23 bits per heavy atom.